The third-order valence-electron chi connectivity index (χ3n) is 1.87. The van der Waals surface area contributed by atoms with E-state index in [1.54, 1.807) is 24.3 Å². The van der Waals surface area contributed by atoms with Gasteiger partial charge in [-0.2, -0.15) is 0 Å². The first-order chi connectivity index (χ1) is 6.31. The molecule has 3 heteroatoms. The molecule has 0 fully saturated rings. The zero-order valence-corrected chi connectivity index (χ0v) is 7.03. The Balaban J connectivity index is 2.61. The molecule has 0 radical (unpaired) electrons. The Morgan fingerprint density at radius 1 is 1.54 bits per heavy atom. The summed E-state index contributed by atoms with van der Waals surface area (Å²) in [6.07, 6.45) is 2.45. The number of hydrogen-bond donors (Lipinski definition) is 1. The minimum Gasteiger partial charge on any atom is -0.508 e. The van der Waals surface area contributed by atoms with Crippen molar-refractivity contribution in [2.45, 2.75) is 6.42 Å². The maximum Gasteiger partial charge on any atom is 0.170 e. The van der Waals surface area contributed by atoms with E-state index in [0.717, 1.165) is 11.1 Å². The van der Waals surface area contributed by atoms with Gasteiger partial charge in [0, 0.05) is 17.9 Å². The van der Waals surface area contributed by atoms with Crippen LogP contribution in [0.15, 0.2) is 35.4 Å². The number of benzene rings is 1. The van der Waals surface area contributed by atoms with Crippen LogP contribution in [0, 0.1) is 0 Å². The van der Waals surface area contributed by atoms with E-state index in [9.17, 15) is 0 Å². The molecule has 1 aromatic heterocycles. The zero-order valence-electron chi connectivity index (χ0n) is 7.03. The second-order valence-electron chi connectivity index (χ2n) is 2.80. The van der Waals surface area contributed by atoms with E-state index in [1.807, 2.05) is 0 Å². The molecule has 0 saturated heterocycles. The summed E-state index contributed by atoms with van der Waals surface area (Å²) in [4.78, 5) is 0. The van der Waals surface area contributed by atoms with Crippen LogP contribution in [-0.2, 0) is 6.42 Å². The Morgan fingerprint density at radius 3 is 3.15 bits per heavy atom. The average Bonchev–Trinajstić information content (AvgIpc) is 2.49. The fraction of sp³-hybridized carbons (Fsp3) is 0.100. The van der Waals surface area contributed by atoms with Crippen molar-refractivity contribution in [3.05, 3.63) is 36.5 Å². The number of hydrogen-bond acceptors (Lipinski definition) is 3. The lowest BCUT2D eigenvalue weighted by Gasteiger charge is -1.90. The maximum absolute atomic E-state index is 9.16. The maximum atomic E-state index is 9.16. The Bertz CT molecular complexity index is 445. The minimum atomic E-state index is 0.189. The molecular weight excluding hydrogens is 166 g/mol. The van der Waals surface area contributed by atoms with Gasteiger partial charge >= 0.3 is 0 Å². The molecule has 0 aliphatic carbocycles. The largest absolute Gasteiger partial charge is 0.508 e. The third kappa shape index (κ3) is 1.28. The first kappa shape index (κ1) is 7.86. The predicted molar refractivity (Wildman–Crippen MR) is 49.6 cm³/mol. The summed E-state index contributed by atoms with van der Waals surface area (Å²) >= 11 is 0. The van der Waals surface area contributed by atoms with Crippen LogP contribution in [0.3, 0.4) is 0 Å². The highest BCUT2D eigenvalue weighted by Crippen LogP contribution is 2.22. The van der Waals surface area contributed by atoms with Crippen LogP contribution in [0.5, 0.6) is 5.75 Å². The summed E-state index contributed by atoms with van der Waals surface area (Å²) in [6, 6.07) is 4.96. The average molecular weight is 175 g/mol. The zero-order chi connectivity index (χ0) is 9.26. The molecule has 0 bridgehead atoms. The van der Waals surface area contributed by atoms with Gasteiger partial charge in [0.25, 0.3) is 0 Å². The number of aromatic nitrogens is 1. The molecule has 0 amide bonds. The van der Waals surface area contributed by atoms with Crippen LogP contribution in [0.4, 0.5) is 0 Å². The molecule has 0 unspecified atom stereocenters. The molecular formula is C10H9NO2. The van der Waals surface area contributed by atoms with E-state index in [-0.39, 0.29) is 5.75 Å². The lowest BCUT2D eigenvalue weighted by molar-refractivity contribution is 0.443. The Hall–Kier alpha value is -1.77. The number of fused-ring (bicyclic) bond motifs is 1. The number of aromatic hydroxyl groups is 1. The number of phenolic OH excluding ortho intramolecular Hbond substituents is 1. The Morgan fingerprint density at radius 2 is 2.38 bits per heavy atom. The summed E-state index contributed by atoms with van der Waals surface area (Å²) < 4.78 is 5.02. The highest BCUT2D eigenvalue weighted by molar-refractivity contribution is 5.80. The molecule has 2 rings (SSSR count). The van der Waals surface area contributed by atoms with E-state index in [2.05, 4.69) is 11.7 Å². The van der Waals surface area contributed by atoms with Crippen LogP contribution >= 0.6 is 0 Å². The molecule has 1 aromatic carbocycles. The van der Waals surface area contributed by atoms with Crippen molar-refractivity contribution < 1.29 is 9.63 Å². The molecule has 1 N–H and O–H groups in total. The molecule has 0 atom stereocenters. The van der Waals surface area contributed by atoms with Gasteiger partial charge < -0.3 is 9.63 Å². The Labute approximate surface area is 75.3 Å². The van der Waals surface area contributed by atoms with E-state index < -0.39 is 0 Å². The summed E-state index contributed by atoms with van der Waals surface area (Å²) in [6.45, 7) is 3.63. The molecule has 0 spiro atoms. The van der Waals surface area contributed by atoms with Crippen molar-refractivity contribution in [3.63, 3.8) is 0 Å². The summed E-state index contributed by atoms with van der Waals surface area (Å²) in [5.41, 5.74) is 1.46. The van der Waals surface area contributed by atoms with Gasteiger partial charge in [-0.15, -0.1) is 6.58 Å². The van der Waals surface area contributed by atoms with Crippen LogP contribution < -0.4 is 0 Å². The lowest BCUT2D eigenvalue weighted by Crippen LogP contribution is -1.79. The monoisotopic (exact) mass is 175 g/mol. The van der Waals surface area contributed by atoms with Gasteiger partial charge in [0.2, 0.25) is 0 Å². The minimum absolute atomic E-state index is 0.189. The molecule has 1 heterocycles. The fourth-order valence-corrected chi connectivity index (χ4v) is 1.26. The number of nitrogens with zero attached hydrogens (tertiary/aromatic N) is 1. The molecule has 0 saturated carbocycles. The first-order valence-corrected chi connectivity index (χ1v) is 3.99. The quantitative estimate of drug-likeness (QED) is 0.712. The summed E-state index contributed by atoms with van der Waals surface area (Å²) in [5, 5.41) is 14.0. The van der Waals surface area contributed by atoms with Crippen molar-refractivity contribution in [1.82, 2.24) is 5.16 Å². The topological polar surface area (TPSA) is 46.3 Å². The summed E-state index contributed by atoms with van der Waals surface area (Å²) in [7, 11) is 0. The van der Waals surface area contributed by atoms with Crippen LogP contribution in [0.1, 0.15) is 5.69 Å². The normalized spacial score (nSPS) is 10.5. The van der Waals surface area contributed by atoms with Crippen LogP contribution in [0.2, 0.25) is 0 Å². The van der Waals surface area contributed by atoms with Crippen molar-refractivity contribution in [3.8, 4) is 5.75 Å². The predicted octanol–water partition coefficient (Wildman–Crippen LogP) is 2.26. The second kappa shape index (κ2) is 2.94. The summed E-state index contributed by atoms with van der Waals surface area (Å²) in [5.74, 6) is 0.189. The van der Waals surface area contributed by atoms with Gasteiger partial charge in [0.1, 0.15) is 5.75 Å². The van der Waals surface area contributed by atoms with E-state index in [4.69, 9.17) is 9.63 Å². The van der Waals surface area contributed by atoms with Gasteiger partial charge in [0.05, 0.1) is 5.69 Å². The van der Waals surface area contributed by atoms with Gasteiger partial charge in [0.15, 0.2) is 5.58 Å². The van der Waals surface area contributed by atoms with Crippen LogP contribution in [-0.4, -0.2) is 10.3 Å². The van der Waals surface area contributed by atoms with Gasteiger partial charge in [-0.25, -0.2) is 0 Å². The molecule has 66 valence electrons. The van der Waals surface area contributed by atoms with E-state index in [0.29, 0.717) is 12.0 Å². The first-order valence-electron chi connectivity index (χ1n) is 3.99. The van der Waals surface area contributed by atoms with Gasteiger partial charge in [-0.05, 0) is 12.1 Å². The lowest BCUT2D eigenvalue weighted by atomic mass is 10.2. The highest BCUT2D eigenvalue weighted by atomic mass is 16.5. The Kier molecular flexibility index (Phi) is 1.77. The number of phenols is 1. The van der Waals surface area contributed by atoms with Gasteiger partial charge in [-0.3, -0.25) is 0 Å². The van der Waals surface area contributed by atoms with E-state index in [1.165, 1.54) is 0 Å². The second-order valence-corrected chi connectivity index (χ2v) is 2.80. The van der Waals surface area contributed by atoms with Gasteiger partial charge in [-0.1, -0.05) is 11.2 Å². The van der Waals surface area contributed by atoms with Crippen molar-refractivity contribution in [1.29, 1.82) is 0 Å². The van der Waals surface area contributed by atoms with Crippen molar-refractivity contribution in [2.24, 2.45) is 0 Å². The van der Waals surface area contributed by atoms with Crippen LogP contribution in [0.25, 0.3) is 11.0 Å². The molecule has 0 aliphatic rings. The SMILES string of the molecule is C=CCc1noc2cc(O)ccc12. The fourth-order valence-electron chi connectivity index (χ4n) is 1.26. The molecule has 0 aliphatic heterocycles. The smallest absolute Gasteiger partial charge is 0.170 e. The third-order valence-corrected chi connectivity index (χ3v) is 1.87. The molecule has 13 heavy (non-hydrogen) atoms. The van der Waals surface area contributed by atoms with Crippen molar-refractivity contribution >= 4 is 11.0 Å². The number of allylic oxidation sites excluding steroid dienone is 1. The molecule has 2 aromatic rings. The standard InChI is InChI=1S/C10H9NO2/c1-2-3-9-8-5-4-7(12)6-10(8)13-11-9/h2,4-6,12H,1,3H2. The van der Waals surface area contributed by atoms with E-state index >= 15 is 0 Å². The number of rotatable bonds is 2. The molecule has 3 nitrogen and oxygen atoms in total. The van der Waals surface area contributed by atoms with Crippen molar-refractivity contribution in [2.75, 3.05) is 0 Å². The highest BCUT2D eigenvalue weighted by Gasteiger charge is 2.06.